The van der Waals surface area contributed by atoms with Crippen molar-refractivity contribution in [3.63, 3.8) is 0 Å². The lowest BCUT2D eigenvalue weighted by Crippen LogP contribution is -2.39. The molecule has 1 aliphatic heterocycles. The lowest BCUT2D eigenvalue weighted by Gasteiger charge is -2.32. The quantitative estimate of drug-likeness (QED) is 0.907. The Hall–Kier alpha value is -1.13. The summed E-state index contributed by atoms with van der Waals surface area (Å²) < 4.78 is 13.4. The Kier molecular flexibility index (Phi) is 4.42. The summed E-state index contributed by atoms with van der Waals surface area (Å²) in [4.78, 5) is 4.55. The zero-order valence-corrected chi connectivity index (χ0v) is 11.9. The van der Waals surface area contributed by atoms with E-state index < -0.39 is 0 Å². The molecule has 0 saturated carbocycles. The molecule has 106 valence electrons. The van der Waals surface area contributed by atoms with E-state index in [-0.39, 0.29) is 17.6 Å². The van der Waals surface area contributed by atoms with Gasteiger partial charge in [-0.3, -0.25) is 4.90 Å². The number of aromatic hydroxyl groups is 1. The minimum atomic E-state index is -0.289. The topological polar surface area (TPSA) is 26.7 Å². The third kappa shape index (κ3) is 3.25. The lowest BCUT2D eigenvalue weighted by atomic mass is 10.0. The van der Waals surface area contributed by atoms with Crippen LogP contribution in [0.4, 0.5) is 4.39 Å². The van der Waals surface area contributed by atoms with E-state index in [0.717, 1.165) is 13.1 Å². The van der Waals surface area contributed by atoms with Crippen LogP contribution in [0.15, 0.2) is 18.2 Å². The van der Waals surface area contributed by atoms with Gasteiger partial charge in [0.15, 0.2) is 0 Å². The molecule has 4 heteroatoms. The maximum atomic E-state index is 13.4. The van der Waals surface area contributed by atoms with E-state index in [9.17, 15) is 9.50 Å². The molecule has 1 aliphatic rings. The van der Waals surface area contributed by atoms with Gasteiger partial charge in [0.2, 0.25) is 0 Å². The monoisotopic (exact) mass is 266 g/mol. The van der Waals surface area contributed by atoms with Crippen LogP contribution in [0.3, 0.4) is 0 Å². The summed E-state index contributed by atoms with van der Waals surface area (Å²) in [6.07, 6.45) is 2.33. The molecule has 0 amide bonds. The van der Waals surface area contributed by atoms with Crippen LogP contribution in [-0.4, -0.2) is 48.1 Å². The Morgan fingerprint density at radius 3 is 2.89 bits per heavy atom. The first-order valence-corrected chi connectivity index (χ1v) is 6.88. The molecule has 0 aromatic heterocycles. The molecule has 2 unspecified atom stereocenters. The molecule has 1 heterocycles. The van der Waals surface area contributed by atoms with Gasteiger partial charge in [-0.1, -0.05) is 0 Å². The number of likely N-dealkylation sites (N-methyl/N-ethyl adjacent to an activating group) is 1. The number of hydrogen-bond acceptors (Lipinski definition) is 3. The largest absolute Gasteiger partial charge is 0.508 e. The summed E-state index contributed by atoms with van der Waals surface area (Å²) in [6, 6.07) is 4.71. The molecule has 0 bridgehead atoms. The maximum absolute atomic E-state index is 13.4. The van der Waals surface area contributed by atoms with E-state index in [1.807, 2.05) is 6.92 Å². The summed E-state index contributed by atoms with van der Waals surface area (Å²) in [5.74, 6) is -0.104. The second-order valence-electron chi connectivity index (χ2n) is 5.68. The Bertz CT molecular complexity index is 436. The molecule has 0 spiro atoms. The number of halogens is 1. The Labute approximate surface area is 114 Å². The summed E-state index contributed by atoms with van der Waals surface area (Å²) in [7, 11) is 4.14. The van der Waals surface area contributed by atoms with Crippen molar-refractivity contribution >= 4 is 0 Å². The van der Waals surface area contributed by atoms with Crippen LogP contribution in [0.25, 0.3) is 0 Å². The van der Waals surface area contributed by atoms with Crippen LogP contribution in [0.1, 0.15) is 31.4 Å². The van der Waals surface area contributed by atoms with Crippen molar-refractivity contribution in [1.29, 1.82) is 0 Å². The highest BCUT2D eigenvalue weighted by atomic mass is 19.1. The van der Waals surface area contributed by atoms with Crippen molar-refractivity contribution in [3.8, 4) is 5.75 Å². The fraction of sp³-hybridized carbons (Fsp3) is 0.600. The predicted octanol–water partition coefficient (Wildman–Crippen LogP) is 2.62. The number of nitrogens with zero attached hydrogens (tertiary/aromatic N) is 2. The number of hydrogen-bond donors (Lipinski definition) is 1. The van der Waals surface area contributed by atoms with Crippen LogP contribution in [0.2, 0.25) is 0 Å². The highest BCUT2D eigenvalue weighted by molar-refractivity contribution is 5.35. The number of likely N-dealkylation sites (tertiary alicyclic amines) is 1. The van der Waals surface area contributed by atoms with Crippen LogP contribution in [0.5, 0.6) is 5.75 Å². The van der Waals surface area contributed by atoms with Gasteiger partial charge in [0.25, 0.3) is 0 Å². The van der Waals surface area contributed by atoms with Gasteiger partial charge in [0.1, 0.15) is 11.6 Å². The highest BCUT2D eigenvalue weighted by Crippen LogP contribution is 2.34. The summed E-state index contributed by atoms with van der Waals surface area (Å²) >= 11 is 0. The normalized spacial score (nSPS) is 22.1. The molecule has 1 saturated heterocycles. The first-order chi connectivity index (χ1) is 8.99. The summed E-state index contributed by atoms with van der Waals surface area (Å²) in [5.41, 5.74) is 0.686. The van der Waals surface area contributed by atoms with Gasteiger partial charge in [-0.2, -0.15) is 0 Å². The van der Waals surface area contributed by atoms with Gasteiger partial charge in [-0.05, 0) is 58.6 Å². The third-order valence-electron chi connectivity index (χ3n) is 3.94. The van der Waals surface area contributed by atoms with Crippen LogP contribution < -0.4 is 0 Å². The van der Waals surface area contributed by atoms with Crippen molar-refractivity contribution in [3.05, 3.63) is 29.6 Å². The fourth-order valence-electron chi connectivity index (χ4n) is 3.02. The van der Waals surface area contributed by atoms with Gasteiger partial charge in [-0.25, -0.2) is 4.39 Å². The fourth-order valence-corrected chi connectivity index (χ4v) is 3.02. The highest BCUT2D eigenvalue weighted by Gasteiger charge is 2.30. The number of phenolic OH excluding ortho intramolecular Hbond substituents is 1. The molecule has 1 fully saturated rings. The second-order valence-corrected chi connectivity index (χ2v) is 5.68. The summed E-state index contributed by atoms with van der Waals surface area (Å²) in [5, 5.41) is 9.93. The Morgan fingerprint density at radius 1 is 1.47 bits per heavy atom. The van der Waals surface area contributed by atoms with Crippen LogP contribution >= 0.6 is 0 Å². The number of rotatable bonds is 4. The maximum Gasteiger partial charge on any atom is 0.123 e. The van der Waals surface area contributed by atoms with E-state index in [1.165, 1.54) is 31.0 Å². The van der Waals surface area contributed by atoms with Crippen molar-refractivity contribution in [2.24, 2.45) is 0 Å². The molecule has 0 aliphatic carbocycles. The van der Waals surface area contributed by atoms with Gasteiger partial charge in [-0.15, -0.1) is 0 Å². The predicted molar refractivity (Wildman–Crippen MR) is 74.8 cm³/mol. The molecule has 2 atom stereocenters. The molecular formula is C15H23FN2O. The van der Waals surface area contributed by atoms with E-state index in [0.29, 0.717) is 11.6 Å². The smallest absolute Gasteiger partial charge is 0.123 e. The van der Waals surface area contributed by atoms with Crippen LogP contribution in [0, 0.1) is 5.82 Å². The number of phenols is 1. The van der Waals surface area contributed by atoms with E-state index in [4.69, 9.17) is 0 Å². The molecule has 3 nitrogen and oxygen atoms in total. The van der Waals surface area contributed by atoms with E-state index >= 15 is 0 Å². The third-order valence-corrected chi connectivity index (χ3v) is 3.94. The van der Waals surface area contributed by atoms with Gasteiger partial charge < -0.3 is 10.0 Å². The average Bonchev–Trinajstić information content (AvgIpc) is 2.78. The van der Waals surface area contributed by atoms with Crippen molar-refractivity contribution in [2.45, 2.75) is 31.8 Å². The SMILES string of the molecule is CC(c1cc(F)ccc1O)N1CCCC1CN(C)C. The molecule has 1 N–H and O–H groups in total. The molecule has 2 rings (SSSR count). The summed E-state index contributed by atoms with van der Waals surface area (Å²) in [6.45, 7) is 4.05. The lowest BCUT2D eigenvalue weighted by molar-refractivity contribution is 0.160. The molecular weight excluding hydrogens is 243 g/mol. The Morgan fingerprint density at radius 2 is 2.21 bits per heavy atom. The van der Waals surface area contributed by atoms with Gasteiger partial charge >= 0.3 is 0 Å². The van der Waals surface area contributed by atoms with Gasteiger partial charge in [0, 0.05) is 24.2 Å². The first kappa shape index (κ1) is 14.3. The minimum Gasteiger partial charge on any atom is -0.508 e. The molecule has 1 aromatic rings. The zero-order valence-electron chi connectivity index (χ0n) is 11.9. The van der Waals surface area contributed by atoms with Crippen LogP contribution in [-0.2, 0) is 0 Å². The number of benzene rings is 1. The molecule has 19 heavy (non-hydrogen) atoms. The first-order valence-electron chi connectivity index (χ1n) is 6.88. The average molecular weight is 266 g/mol. The molecule has 1 aromatic carbocycles. The van der Waals surface area contributed by atoms with Crippen molar-refractivity contribution in [2.75, 3.05) is 27.2 Å². The standard InChI is InChI=1S/C15H23FN2O/c1-11(14-9-12(16)6-7-15(14)19)18-8-4-5-13(18)10-17(2)3/h6-7,9,11,13,19H,4-5,8,10H2,1-3H3. The zero-order chi connectivity index (χ0) is 14.0. The second kappa shape index (κ2) is 5.88. The molecule has 0 radical (unpaired) electrons. The van der Waals surface area contributed by atoms with Crippen molar-refractivity contribution < 1.29 is 9.50 Å². The van der Waals surface area contributed by atoms with Crippen molar-refractivity contribution in [1.82, 2.24) is 9.80 Å². The van der Waals surface area contributed by atoms with E-state index in [2.05, 4.69) is 23.9 Å². The minimum absolute atomic E-state index is 0.0446. The van der Waals surface area contributed by atoms with E-state index in [1.54, 1.807) is 0 Å². The van der Waals surface area contributed by atoms with Gasteiger partial charge in [0.05, 0.1) is 0 Å². The Balaban J connectivity index is 2.18.